The predicted octanol–water partition coefficient (Wildman–Crippen LogP) is 3.24. The summed E-state index contributed by atoms with van der Waals surface area (Å²) in [6, 6.07) is 5.19. The Labute approximate surface area is 157 Å². The number of hydrogen-bond donors (Lipinski definition) is 1. The zero-order valence-electron chi connectivity index (χ0n) is 13.6. The van der Waals surface area contributed by atoms with Crippen LogP contribution in [-0.4, -0.2) is 36.9 Å². The van der Waals surface area contributed by atoms with Gasteiger partial charge in [-0.15, -0.1) is 11.3 Å². The Hall–Kier alpha value is -2.26. The maximum atomic E-state index is 11.8. The average Bonchev–Trinajstić information content (AvgIpc) is 3.03. The van der Waals surface area contributed by atoms with E-state index in [0.717, 1.165) is 0 Å². The lowest BCUT2D eigenvalue weighted by Crippen LogP contribution is -2.07. The highest BCUT2D eigenvalue weighted by Gasteiger charge is 2.13. The van der Waals surface area contributed by atoms with E-state index in [0.29, 0.717) is 33.0 Å². The molecule has 2 aromatic rings. The first-order valence-corrected chi connectivity index (χ1v) is 8.98. The van der Waals surface area contributed by atoms with E-state index in [1.54, 1.807) is 30.5 Å². The van der Waals surface area contributed by atoms with E-state index in [2.05, 4.69) is 31.4 Å². The van der Waals surface area contributed by atoms with Crippen molar-refractivity contribution in [1.29, 1.82) is 0 Å². The van der Waals surface area contributed by atoms with Crippen molar-refractivity contribution < 1.29 is 19.1 Å². The fourth-order valence-electron chi connectivity index (χ4n) is 1.91. The van der Waals surface area contributed by atoms with E-state index in [-0.39, 0.29) is 12.4 Å². The Balaban J connectivity index is 2.06. The van der Waals surface area contributed by atoms with Crippen molar-refractivity contribution in [3.05, 3.63) is 44.9 Å². The van der Waals surface area contributed by atoms with E-state index in [9.17, 15) is 9.59 Å². The number of anilines is 1. The van der Waals surface area contributed by atoms with E-state index < -0.39 is 5.97 Å². The van der Waals surface area contributed by atoms with Crippen molar-refractivity contribution in [2.24, 2.45) is 5.10 Å². The summed E-state index contributed by atoms with van der Waals surface area (Å²) in [7, 11) is 1.32. The standard InChI is InChI=1S/C16H16BrN3O4S/c1-3-24-14(21)7-10-9-25-16(19-10)20-18-8-12-11(15(22)23-2)5-4-6-13(12)17/h4-6,8-9H,3,7H2,1-2H3,(H,19,20). The van der Waals surface area contributed by atoms with Gasteiger partial charge in [-0.1, -0.05) is 22.0 Å². The van der Waals surface area contributed by atoms with Crippen molar-refractivity contribution >= 4 is 50.6 Å². The molecule has 9 heteroatoms. The minimum atomic E-state index is -0.450. The van der Waals surface area contributed by atoms with Gasteiger partial charge in [0, 0.05) is 15.4 Å². The molecule has 1 aromatic heterocycles. The minimum absolute atomic E-state index is 0.118. The monoisotopic (exact) mass is 425 g/mol. The smallest absolute Gasteiger partial charge is 0.338 e. The number of hydrazone groups is 1. The fourth-order valence-corrected chi connectivity index (χ4v) is 3.04. The van der Waals surface area contributed by atoms with Crippen LogP contribution in [0.4, 0.5) is 5.13 Å². The van der Waals surface area contributed by atoms with Crippen LogP contribution in [0.1, 0.15) is 28.5 Å². The second-order valence-electron chi connectivity index (χ2n) is 4.69. The van der Waals surface area contributed by atoms with Crippen LogP contribution in [0.2, 0.25) is 0 Å². The number of nitrogens with one attached hydrogen (secondary N) is 1. The first-order valence-electron chi connectivity index (χ1n) is 7.31. The number of rotatable bonds is 7. The third-order valence-corrected chi connectivity index (χ3v) is 4.48. The zero-order chi connectivity index (χ0) is 18.2. The van der Waals surface area contributed by atoms with E-state index in [1.807, 2.05) is 0 Å². The average molecular weight is 426 g/mol. The number of carbonyl (C=O) groups is 2. The highest BCUT2D eigenvalue weighted by atomic mass is 79.9. The lowest BCUT2D eigenvalue weighted by Gasteiger charge is -2.05. The van der Waals surface area contributed by atoms with Gasteiger partial charge in [0.1, 0.15) is 0 Å². The highest BCUT2D eigenvalue weighted by Crippen LogP contribution is 2.20. The Bertz CT molecular complexity index is 791. The molecule has 0 atom stereocenters. The molecular formula is C16H16BrN3O4S. The summed E-state index contributed by atoms with van der Waals surface area (Å²) in [5.74, 6) is -0.771. The van der Waals surface area contributed by atoms with E-state index in [4.69, 9.17) is 9.47 Å². The third-order valence-electron chi connectivity index (χ3n) is 2.99. The number of halogens is 1. The minimum Gasteiger partial charge on any atom is -0.466 e. The summed E-state index contributed by atoms with van der Waals surface area (Å²) in [6.07, 6.45) is 1.62. The van der Waals surface area contributed by atoms with Crippen molar-refractivity contribution in [2.45, 2.75) is 13.3 Å². The molecule has 0 bridgehead atoms. The molecule has 0 saturated carbocycles. The van der Waals surface area contributed by atoms with Gasteiger partial charge in [0.05, 0.1) is 37.6 Å². The molecule has 0 fully saturated rings. The molecule has 7 nitrogen and oxygen atoms in total. The molecule has 2 rings (SSSR count). The molecule has 132 valence electrons. The Kier molecular flexibility index (Phi) is 7.08. The molecule has 0 spiro atoms. The number of benzene rings is 1. The van der Waals surface area contributed by atoms with Gasteiger partial charge < -0.3 is 9.47 Å². The van der Waals surface area contributed by atoms with Gasteiger partial charge in [0.15, 0.2) is 0 Å². The van der Waals surface area contributed by atoms with Gasteiger partial charge in [-0.3, -0.25) is 10.2 Å². The number of aromatic nitrogens is 1. The summed E-state index contributed by atoms with van der Waals surface area (Å²) in [4.78, 5) is 27.5. The van der Waals surface area contributed by atoms with Crippen molar-refractivity contribution in [1.82, 2.24) is 4.98 Å². The van der Waals surface area contributed by atoms with Crippen molar-refractivity contribution in [3.63, 3.8) is 0 Å². The van der Waals surface area contributed by atoms with Crippen LogP contribution in [0.25, 0.3) is 0 Å². The molecular weight excluding hydrogens is 410 g/mol. The first-order chi connectivity index (χ1) is 12.0. The van der Waals surface area contributed by atoms with Crippen LogP contribution in [0.5, 0.6) is 0 Å². The Morgan fingerprint density at radius 3 is 2.96 bits per heavy atom. The number of esters is 2. The molecule has 0 radical (unpaired) electrons. The maximum absolute atomic E-state index is 11.8. The van der Waals surface area contributed by atoms with E-state index in [1.165, 1.54) is 24.7 Å². The van der Waals surface area contributed by atoms with Crippen LogP contribution in [-0.2, 0) is 20.7 Å². The number of ether oxygens (including phenoxy) is 2. The quantitative estimate of drug-likeness (QED) is 0.415. The maximum Gasteiger partial charge on any atom is 0.338 e. The van der Waals surface area contributed by atoms with Gasteiger partial charge in [-0.2, -0.15) is 5.10 Å². The largest absolute Gasteiger partial charge is 0.466 e. The summed E-state index contributed by atoms with van der Waals surface area (Å²) in [5, 5.41) is 6.38. The van der Waals surface area contributed by atoms with Gasteiger partial charge in [0.25, 0.3) is 0 Å². The molecule has 0 saturated heterocycles. The molecule has 0 aliphatic carbocycles. The highest BCUT2D eigenvalue weighted by molar-refractivity contribution is 9.10. The topological polar surface area (TPSA) is 89.9 Å². The van der Waals surface area contributed by atoms with Crippen LogP contribution >= 0.6 is 27.3 Å². The molecule has 0 aliphatic rings. The van der Waals surface area contributed by atoms with Gasteiger partial charge in [0.2, 0.25) is 5.13 Å². The Morgan fingerprint density at radius 1 is 1.44 bits per heavy atom. The van der Waals surface area contributed by atoms with E-state index >= 15 is 0 Å². The fraction of sp³-hybridized carbons (Fsp3) is 0.250. The SMILES string of the molecule is CCOC(=O)Cc1csc(NN=Cc2c(Br)cccc2C(=O)OC)n1. The summed E-state index contributed by atoms with van der Waals surface area (Å²) in [6.45, 7) is 2.10. The summed E-state index contributed by atoms with van der Waals surface area (Å²) in [5.41, 5.74) is 4.37. The second kappa shape index (κ2) is 9.28. The van der Waals surface area contributed by atoms with Crippen LogP contribution < -0.4 is 5.43 Å². The number of thiazole rings is 1. The molecule has 1 heterocycles. The van der Waals surface area contributed by atoms with Gasteiger partial charge in [-0.25, -0.2) is 9.78 Å². The van der Waals surface area contributed by atoms with Crippen LogP contribution in [0, 0.1) is 0 Å². The predicted molar refractivity (Wildman–Crippen MR) is 99.1 cm³/mol. The first kappa shape index (κ1) is 19.1. The van der Waals surface area contributed by atoms with Gasteiger partial charge in [-0.05, 0) is 19.1 Å². The molecule has 1 aromatic carbocycles. The molecule has 0 aliphatic heterocycles. The molecule has 1 N–H and O–H groups in total. The third kappa shape index (κ3) is 5.36. The summed E-state index contributed by atoms with van der Waals surface area (Å²) < 4.78 is 10.4. The number of hydrogen-bond acceptors (Lipinski definition) is 8. The second-order valence-corrected chi connectivity index (χ2v) is 6.40. The van der Waals surface area contributed by atoms with Crippen LogP contribution in [0.15, 0.2) is 33.2 Å². The summed E-state index contributed by atoms with van der Waals surface area (Å²) >= 11 is 4.70. The van der Waals surface area contributed by atoms with Crippen molar-refractivity contribution in [3.8, 4) is 0 Å². The lowest BCUT2D eigenvalue weighted by molar-refractivity contribution is -0.142. The number of carbonyl (C=O) groups excluding carboxylic acids is 2. The zero-order valence-corrected chi connectivity index (χ0v) is 16.0. The normalized spacial score (nSPS) is 10.7. The van der Waals surface area contributed by atoms with Gasteiger partial charge >= 0.3 is 11.9 Å². The molecule has 25 heavy (non-hydrogen) atoms. The van der Waals surface area contributed by atoms with Crippen LogP contribution in [0.3, 0.4) is 0 Å². The van der Waals surface area contributed by atoms with Crippen molar-refractivity contribution in [2.75, 3.05) is 19.1 Å². The number of methoxy groups -OCH3 is 1. The molecule has 0 amide bonds. The molecule has 0 unspecified atom stereocenters. The Morgan fingerprint density at radius 2 is 2.24 bits per heavy atom. The number of nitrogens with zero attached hydrogens (tertiary/aromatic N) is 2. The lowest BCUT2D eigenvalue weighted by atomic mass is 10.1.